The first-order chi connectivity index (χ1) is 9.20. The molecule has 0 spiro atoms. The summed E-state index contributed by atoms with van der Waals surface area (Å²) in [6, 6.07) is 4.90. The molecule has 1 aliphatic carbocycles. The zero-order valence-electron chi connectivity index (χ0n) is 12.7. The molecule has 1 heterocycles. The van der Waals surface area contributed by atoms with E-state index in [1.165, 1.54) is 37.7 Å². The highest BCUT2D eigenvalue weighted by Crippen LogP contribution is 2.36. The van der Waals surface area contributed by atoms with Gasteiger partial charge in [0.25, 0.3) is 0 Å². The Labute approximate surface area is 118 Å². The van der Waals surface area contributed by atoms with Crippen LogP contribution in [0.1, 0.15) is 63.3 Å². The summed E-state index contributed by atoms with van der Waals surface area (Å²) in [6.45, 7) is 7.79. The fraction of sp³-hybridized carbons (Fsp3) is 0.706. The van der Waals surface area contributed by atoms with E-state index in [9.17, 15) is 0 Å². The maximum absolute atomic E-state index is 4.48. The average Bonchev–Trinajstić information content (AvgIpc) is 2.41. The first-order valence-corrected chi connectivity index (χ1v) is 7.86. The average molecular weight is 260 g/mol. The van der Waals surface area contributed by atoms with Crippen molar-refractivity contribution in [1.29, 1.82) is 0 Å². The molecule has 2 rings (SSSR count). The smallest absolute Gasteiger partial charge is 0.0372 e. The summed E-state index contributed by atoms with van der Waals surface area (Å²) < 4.78 is 0. The van der Waals surface area contributed by atoms with Crippen molar-refractivity contribution in [1.82, 2.24) is 10.3 Å². The van der Waals surface area contributed by atoms with Gasteiger partial charge in [-0.1, -0.05) is 32.8 Å². The molecule has 106 valence electrons. The van der Waals surface area contributed by atoms with E-state index in [0.29, 0.717) is 6.04 Å². The molecule has 1 saturated carbocycles. The van der Waals surface area contributed by atoms with Gasteiger partial charge in [0.2, 0.25) is 0 Å². The minimum absolute atomic E-state index is 0.496. The second-order valence-corrected chi connectivity index (χ2v) is 6.20. The van der Waals surface area contributed by atoms with Crippen LogP contribution in [0.25, 0.3) is 0 Å². The van der Waals surface area contributed by atoms with Gasteiger partial charge >= 0.3 is 0 Å². The van der Waals surface area contributed by atoms with Crippen LogP contribution in [0.15, 0.2) is 18.3 Å². The Kier molecular flexibility index (Phi) is 5.38. The predicted molar refractivity (Wildman–Crippen MR) is 81.1 cm³/mol. The summed E-state index contributed by atoms with van der Waals surface area (Å²) in [5.41, 5.74) is 2.48. The number of nitrogens with one attached hydrogen (secondary N) is 1. The quantitative estimate of drug-likeness (QED) is 0.855. The van der Waals surface area contributed by atoms with Gasteiger partial charge in [0, 0.05) is 17.9 Å². The fourth-order valence-electron chi connectivity index (χ4n) is 3.30. The molecule has 0 radical (unpaired) electrons. The summed E-state index contributed by atoms with van der Waals surface area (Å²) >= 11 is 0. The van der Waals surface area contributed by atoms with Crippen LogP contribution in [-0.4, -0.2) is 11.5 Å². The number of rotatable bonds is 5. The lowest BCUT2D eigenvalue weighted by molar-refractivity contribution is 0.223. The van der Waals surface area contributed by atoms with Gasteiger partial charge in [-0.2, -0.15) is 0 Å². The Morgan fingerprint density at radius 2 is 2.21 bits per heavy atom. The maximum Gasteiger partial charge on any atom is 0.0372 e. The molecule has 1 fully saturated rings. The molecule has 1 N–H and O–H groups in total. The SMILES string of the molecule is CCCNC(c1ccc(C)nc1)C1CCCC(C)C1. The third kappa shape index (κ3) is 4.04. The Bertz CT molecular complexity index is 371. The molecule has 0 bridgehead atoms. The first kappa shape index (κ1) is 14.5. The molecule has 3 unspecified atom stereocenters. The van der Waals surface area contributed by atoms with Crippen molar-refractivity contribution in [3.63, 3.8) is 0 Å². The van der Waals surface area contributed by atoms with Gasteiger partial charge in [-0.05, 0) is 56.2 Å². The molecule has 2 nitrogen and oxygen atoms in total. The number of aryl methyl sites for hydroxylation is 1. The number of hydrogen-bond donors (Lipinski definition) is 1. The van der Waals surface area contributed by atoms with Gasteiger partial charge in [-0.3, -0.25) is 4.98 Å². The van der Waals surface area contributed by atoms with Crippen LogP contribution < -0.4 is 5.32 Å². The normalized spacial score (nSPS) is 25.2. The van der Waals surface area contributed by atoms with E-state index in [4.69, 9.17) is 0 Å². The second-order valence-electron chi connectivity index (χ2n) is 6.20. The highest BCUT2D eigenvalue weighted by molar-refractivity contribution is 5.18. The molecule has 0 amide bonds. The van der Waals surface area contributed by atoms with Crippen molar-refractivity contribution in [3.8, 4) is 0 Å². The molecule has 1 aromatic heterocycles. The third-order valence-electron chi connectivity index (χ3n) is 4.36. The highest BCUT2D eigenvalue weighted by atomic mass is 14.9. The molecule has 2 heteroatoms. The number of nitrogens with zero attached hydrogens (tertiary/aromatic N) is 1. The van der Waals surface area contributed by atoms with E-state index in [1.807, 2.05) is 0 Å². The largest absolute Gasteiger partial charge is 0.310 e. The van der Waals surface area contributed by atoms with Crippen LogP contribution in [0.5, 0.6) is 0 Å². The van der Waals surface area contributed by atoms with Crippen molar-refractivity contribution >= 4 is 0 Å². The summed E-state index contributed by atoms with van der Waals surface area (Å²) in [6.07, 6.45) is 8.77. The zero-order chi connectivity index (χ0) is 13.7. The lowest BCUT2D eigenvalue weighted by atomic mass is 9.77. The van der Waals surface area contributed by atoms with Crippen molar-refractivity contribution in [2.45, 2.75) is 58.9 Å². The number of hydrogen-bond acceptors (Lipinski definition) is 2. The predicted octanol–water partition coefficient (Wildman–Crippen LogP) is 4.26. The van der Waals surface area contributed by atoms with E-state index >= 15 is 0 Å². The molecular formula is C17H28N2. The monoisotopic (exact) mass is 260 g/mol. The Balaban J connectivity index is 2.12. The van der Waals surface area contributed by atoms with Crippen molar-refractivity contribution in [3.05, 3.63) is 29.6 Å². The topological polar surface area (TPSA) is 24.9 Å². The maximum atomic E-state index is 4.48. The third-order valence-corrected chi connectivity index (χ3v) is 4.36. The van der Waals surface area contributed by atoms with Gasteiger partial charge in [-0.15, -0.1) is 0 Å². The van der Waals surface area contributed by atoms with Gasteiger partial charge in [0.05, 0.1) is 0 Å². The van der Waals surface area contributed by atoms with Gasteiger partial charge in [-0.25, -0.2) is 0 Å². The molecule has 1 aliphatic rings. The van der Waals surface area contributed by atoms with Crippen molar-refractivity contribution < 1.29 is 0 Å². The molecule has 19 heavy (non-hydrogen) atoms. The van der Waals surface area contributed by atoms with Crippen LogP contribution in [-0.2, 0) is 0 Å². The van der Waals surface area contributed by atoms with Crippen LogP contribution in [0.2, 0.25) is 0 Å². The van der Waals surface area contributed by atoms with E-state index in [0.717, 1.165) is 24.1 Å². The zero-order valence-corrected chi connectivity index (χ0v) is 12.7. The van der Waals surface area contributed by atoms with Crippen LogP contribution in [0.3, 0.4) is 0 Å². The minimum atomic E-state index is 0.496. The summed E-state index contributed by atoms with van der Waals surface area (Å²) in [7, 11) is 0. The molecular weight excluding hydrogens is 232 g/mol. The number of aromatic nitrogens is 1. The van der Waals surface area contributed by atoms with Crippen LogP contribution >= 0.6 is 0 Å². The van der Waals surface area contributed by atoms with E-state index in [2.05, 4.69) is 49.4 Å². The van der Waals surface area contributed by atoms with Crippen molar-refractivity contribution in [2.75, 3.05) is 6.54 Å². The summed E-state index contributed by atoms with van der Waals surface area (Å²) in [5.74, 6) is 1.66. The second kappa shape index (κ2) is 7.04. The van der Waals surface area contributed by atoms with E-state index in [1.54, 1.807) is 0 Å². The minimum Gasteiger partial charge on any atom is -0.310 e. The first-order valence-electron chi connectivity index (χ1n) is 7.86. The van der Waals surface area contributed by atoms with Crippen LogP contribution in [0.4, 0.5) is 0 Å². The van der Waals surface area contributed by atoms with Gasteiger partial charge < -0.3 is 5.32 Å². The standard InChI is InChI=1S/C17H28N2/c1-4-10-18-17(15-7-5-6-13(2)11-15)16-9-8-14(3)19-12-16/h8-9,12-13,15,17-18H,4-7,10-11H2,1-3H3. The Morgan fingerprint density at radius 1 is 1.37 bits per heavy atom. The molecule has 3 atom stereocenters. The molecule has 0 saturated heterocycles. The van der Waals surface area contributed by atoms with E-state index < -0.39 is 0 Å². The lowest BCUT2D eigenvalue weighted by Gasteiger charge is -2.34. The Hall–Kier alpha value is -0.890. The number of pyridine rings is 1. The molecule has 0 aromatic carbocycles. The van der Waals surface area contributed by atoms with Gasteiger partial charge in [0.1, 0.15) is 0 Å². The molecule has 1 aromatic rings. The van der Waals surface area contributed by atoms with E-state index in [-0.39, 0.29) is 0 Å². The summed E-state index contributed by atoms with van der Waals surface area (Å²) in [4.78, 5) is 4.48. The van der Waals surface area contributed by atoms with Gasteiger partial charge in [0.15, 0.2) is 0 Å². The highest BCUT2D eigenvalue weighted by Gasteiger charge is 2.27. The van der Waals surface area contributed by atoms with Crippen molar-refractivity contribution in [2.24, 2.45) is 11.8 Å². The fourth-order valence-corrected chi connectivity index (χ4v) is 3.30. The Morgan fingerprint density at radius 3 is 2.84 bits per heavy atom. The lowest BCUT2D eigenvalue weighted by Crippen LogP contribution is -2.32. The summed E-state index contributed by atoms with van der Waals surface area (Å²) in [5, 5.41) is 3.76. The molecule has 0 aliphatic heterocycles. The van der Waals surface area contributed by atoms with Crippen LogP contribution in [0, 0.1) is 18.8 Å².